The number of hydrogen-bond acceptors (Lipinski definition) is 2. The largest absolute Gasteiger partial charge is 0.345 e. The molecule has 2 fully saturated rings. The van der Waals surface area contributed by atoms with E-state index >= 15 is 0 Å². The molecule has 0 atom stereocenters. The minimum Gasteiger partial charge on any atom is -0.345 e. The summed E-state index contributed by atoms with van der Waals surface area (Å²) in [5.41, 5.74) is 0.572. The third-order valence-corrected chi connectivity index (χ3v) is 4.75. The van der Waals surface area contributed by atoms with Crippen LogP contribution in [0.3, 0.4) is 0 Å². The fraction of sp³-hybridized carbons (Fsp3) is 0.929. The zero-order valence-electron chi connectivity index (χ0n) is 11.2. The van der Waals surface area contributed by atoms with Crippen LogP contribution in [0.15, 0.2) is 0 Å². The maximum absolute atomic E-state index is 10.7. The number of unbranched alkanes of at least 4 members (excludes halogenated alkanes) is 1. The average Bonchev–Trinajstić information content (AvgIpc) is 2.39. The van der Waals surface area contributed by atoms with Gasteiger partial charge < -0.3 is 9.80 Å². The molecule has 0 N–H and O–H groups in total. The van der Waals surface area contributed by atoms with E-state index in [0.29, 0.717) is 5.41 Å². The van der Waals surface area contributed by atoms with Crippen LogP contribution < -0.4 is 0 Å². The second-order valence-electron chi connectivity index (χ2n) is 5.84. The molecular formula is C14H26N2O. The van der Waals surface area contributed by atoms with Gasteiger partial charge in [-0.3, -0.25) is 4.79 Å². The maximum Gasteiger partial charge on any atom is 0.209 e. The van der Waals surface area contributed by atoms with E-state index in [1.54, 1.807) is 0 Å². The molecule has 1 spiro atoms. The maximum atomic E-state index is 10.7. The van der Waals surface area contributed by atoms with E-state index in [1.807, 2.05) is 4.90 Å². The second-order valence-corrected chi connectivity index (χ2v) is 5.84. The monoisotopic (exact) mass is 238 g/mol. The summed E-state index contributed by atoms with van der Waals surface area (Å²) in [4.78, 5) is 15.3. The van der Waals surface area contributed by atoms with Crippen LogP contribution in [0, 0.1) is 5.41 Å². The first-order valence-corrected chi connectivity index (χ1v) is 7.20. The molecule has 2 rings (SSSR count). The molecule has 3 heteroatoms. The molecule has 0 aromatic rings. The van der Waals surface area contributed by atoms with Gasteiger partial charge >= 0.3 is 0 Å². The van der Waals surface area contributed by atoms with Crippen molar-refractivity contribution in [2.45, 2.75) is 45.4 Å². The topological polar surface area (TPSA) is 23.6 Å². The lowest BCUT2D eigenvalue weighted by atomic mass is 9.71. The predicted molar refractivity (Wildman–Crippen MR) is 69.9 cm³/mol. The number of piperidine rings is 2. The van der Waals surface area contributed by atoms with E-state index < -0.39 is 0 Å². The summed E-state index contributed by atoms with van der Waals surface area (Å²) in [6.07, 6.45) is 8.82. The molecule has 2 saturated heterocycles. The van der Waals surface area contributed by atoms with Crippen molar-refractivity contribution in [2.75, 3.05) is 32.7 Å². The highest BCUT2D eigenvalue weighted by Gasteiger charge is 2.36. The summed E-state index contributed by atoms with van der Waals surface area (Å²) in [5, 5.41) is 0. The van der Waals surface area contributed by atoms with Gasteiger partial charge in [-0.2, -0.15) is 0 Å². The highest BCUT2D eigenvalue weighted by molar-refractivity contribution is 5.47. The highest BCUT2D eigenvalue weighted by Crippen LogP contribution is 2.40. The first kappa shape index (κ1) is 12.9. The first-order valence-electron chi connectivity index (χ1n) is 7.20. The van der Waals surface area contributed by atoms with Crippen molar-refractivity contribution in [1.29, 1.82) is 0 Å². The molecule has 0 radical (unpaired) electrons. The average molecular weight is 238 g/mol. The van der Waals surface area contributed by atoms with E-state index in [9.17, 15) is 4.79 Å². The Morgan fingerprint density at radius 2 is 1.65 bits per heavy atom. The number of hydrogen-bond donors (Lipinski definition) is 0. The Kier molecular flexibility index (Phi) is 4.43. The quantitative estimate of drug-likeness (QED) is 0.700. The Labute approximate surface area is 105 Å². The van der Waals surface area contributed by atoms with E-state index in [1.165, 1.54) is 58.2 Å². The number of amides is 1. The minimum absolute atomic E-state index is 0.572. The van der Waals surface area contributed by atoms with Crippen LogP contribution in [0.25, 0.3) is 0 Å². The van der Waals surface area contributed by atoms with Gasteiger partial charge in [0.05, 0.1) is 0 Å². The zero-order chi connectivity index (χ0) is 12.1. The Hall–Kier alpha value is -0.570. The molecule has 3 nitrogen and oxygen atoms in total. The van der Waals surface area contributed by atoms with Gasteiger partial charge in [0.1, 0.15) is 0 Å². The number of rotatable bonds is 4. The van der Waals surface area contributed by atoms with Crippen molar-refractivity contribution in [3.05, 3.63) is 0 Å². The fourth-order valence-electron chi connectivity index (χ4n) is 3.24. The standard InChI is InChI=1S/C14H26N2O/c1-2-3-8-15-9-4-14(5-10-15)6-11-16(13-17)12-7-14/h13H,2-12H2,1H3. The molecule has 0 aromatic heterocycles. The van der Waals surface area contributed by atoms with Crippen molar-refractivity contribution in [3.8, 4) is 0 Å². The molecule has 98 valence electrons. The van der Waals surface area contributed by atoms with E-state index in [0.717, 1.165) is 19.5 Å². The van der Waals surface area contributed by atoms with Crippen molar-refractivity contribution < 1.29 is 4.79 Å². The normalized spacial score (nSPS) is 25.1. The van der Waals surface area contributed by atoms with Crippen LogP contribution in [0.2, 0.25) is 0 Å². The summed E-state index contributed by atoms with van der Waals surface area (Å²) in [7, 11) is 0. The van der Waals surface area contributed by atoms with Gasteiger partial charge in [-0.15, -0.1) is 0 Å². The molecule has 0 bridgehead atoms. The molecule has 1 amide bonds. The zero-order valence-corrected chi connectivity index (χ0v) is 11.2. The van der Waals surface area contributed by atoms with Gasteiger partial charge in [0, 0.05) is 13.1 Å². The molecule has 0 aliphatic carbocycles. The van der Waals surface area contributed by atoms with Crippen molar-refractivity contribution in [3.63, 3.8) is 0 Å². The third kappa shape index (κ3) is 3.21. The van der Waals surface area contributed by atoms with Gasteiger partial charge in [-0.25, -0.2) is 0 Å². The molecule has 2 heterocycles. The lowest BCUT2D eigenvalue weighted by Gasteiger charge is -2.46. The second kappa shape index (κ2) is 5.85. The molecule has 0 saturated carbocycles. The van der Waals surface area contributed by atoms with Gasteiger partial charge in [-0.1, -0.05) is 13.3 Å². The minimum atomic E-state index is 0.572. The number of carbonyl (C=O) groups is 1. The summed E-state index contributed by atoms with van der Waals surface area (Å²) in [5.74, 6) is 0. The summed E-state index contributed by atoms with van der Waals surface area (Å²) in [6.45, 7) is 8.08. The summed E-state index contributed by atoms with van der Waals surface area (Å²) in [6, 6.07) is 0. The smallest absolute Gasteiger partial charge is 0.209 e. The Morgan fingerprint density at radius 1 is 1.06 bits per heavy atom. The van der Waals surface area contributed by atoms with Crippen LogP contribution in [-0.4, -0.2) is 48.9 Å². The van der Waals surface area contributed by atoms with Crippen LogP contribution in [0.5, 0.6) is 0 Å². The van der Waals surface area contributed by atoms with E-state index in [2.05, 4.69) is 11.8 Å². The molecule has 2 aliphatic rings. The molecule has 0 aromatic carbocycles. The number of likely N-dealkylation sites (tertiary alicyclic amines) is 2. The molecular weight excluding hydrogens is 212 g/mol. The van der Waals surface area contributed by atoms with Crippen LogP contribution >= 0.6 is 0 Å². The van der Waals surface area contributed by atoms with Crippen molar-refractivity contribution in [2.24, 2.45) is 5.41 Å². The summed E-state index contributed by atoms with van der Waals surface area (Å²) < 4.78 is 0. The SMILES string of the molecule is CCCCN1CCC2(CCN(C=O)CC2)CC1. The van der Waals surface area contributed by atoms with Crippen molar-refractivity contribution in [1.82, 2.24) is 9.80 Å². The fourth-order valence-corrected chi connectivity index (χ4v) is 3.24. The van der Waals surface area contributed by atoms with Crippen LogP contribution in [0.4, 0.5) is 0 Å². The predicted octanol–water partition coefficient (Wildman–Crippen LogP) is 2.12. The third-order valence-electron chi connectivity index (χ3n) is 4.75. The lowest BCUT2D eigenvalue weighted by Crippen LogP contribution is -2.46. The lowest BCUT2D eigenvalue weighted by molar-refractivity contribution is -0.120. The Morgan fingerprint density at radius 3 is 2.18 bits per heavy atom. The van der Waals surface area contributed by atoms with Crippen molar-refractivity contribution >= 4 is 6.41 Å². The Balaban J connectivity index is 1.76. The molecule has 0 unspecified atom stereocenters. The van der Waals surface area contributed by atoms with Crippen LogP contribution in [-0.2, 0) is 4.79 Å². The van der Waals surface area contributed by atoms with Gasteiger partial charge in [0.25, 0.3) is 0 Å². The first-order chi connectivity index (χ1) is 8.28. The van der Waals surface area contributed by atoms with E-state index in [-0.39, 0.29) is 0 Å². The van der Waals surface area contributed by atoms with Crippen LogP contribution in [0.1, 0.15) is 45.4 Å². The highest BCUT2D eigenvalue weighted by atomic mass is 16.1. The summed E-state index contributed by atoms with van der Waals surface area (Å²) >= 11 is 0. The van der Waals surface area contributed by atoms with Gasteiger partial charge in [0.15, 0.2) is 0 Å². The van der Waals surface area contributed by atoms with Gasteiger partial charge in [0.2, 0.25) is 6.41 Å². The molecule has 2 aliphatic heterocycles. The number of nitrogens with zero attached hydrogens (tertiary/aromatic N) is 2. The Bertz CT molecular complexity index is 237. The molecule has 17 heavy (non-hydrogen) atoms. The van der Waals surface area contributed by atoms with E-state index in [4.69, 9.17) is 0 Å². The van der Waals surface area contributed by atoms with Gasteiger partial charge in [-0.05, 0) is 57.2 Å². The number of carbonyl (C=O) groups excluding carboxylic acids is 1.